The second-order valence-electron chi connectivity index (χ2n) is 6.53. The van der Waals surface area contributed by atoms with E-state index < -0.39 is 0 Å². The Hall–Kier alpha value is -2.56. The molecule has 5 nitrogen and oxygen atoms in total. The number of ether oxygens (including phenoxy) is 1. The van der Waals surface area contributed by atoms with E-state index in [1.165, 1.54) is 12.5 Å². The Morgan fingerprint density at radius 2 is 1.84 bits per heavy atom. The number of amides is 1. The molecular weight excluding hydrogens is 316 g/mol. The van der Waals surface area contributed by atoms with Crippen molar-refractivity contribution in [2.24, 2.45) is 0 Å². The maximum absolute atomic E-state index is 12.7. The number of nitrogens with zero attached hydrogens (tertiary/aromatic N) is 1. The molecule has 0 unspecified atom stereocenters. The van der Waals surface area contributed by atoms with Gasteiger partial charge in [-0.25, -0.2) is 0 Å². The van der Waals surface area contributed by atoms with Crippen LogP contribution >= 0.6 is 0 Å². The highest BCUT2D eigenvalue weighted by Crippen LogP contribution is 2.21. The van der Waals surface area contributed by atoms with Crippen LogP contribution in [0.5, 0.6) is 5.75 Å². The van der Waals surface area contributed by atoms with Crippen LogP contribution in [0.3, 0.4) is 0 Å². The fourth-order valence-electron chi connectivity index (χ4n) is 2.97. The molecule has 1 heterocycles. The predicted molar refractivity (Wildman–Crippen MR) is 98.6 cm³/mol. The molecule has 5 heteroatoms. The van der Waals surface area contributed by atoms with Crippen molar-refractivity contribution in [1.29, 1.82) is 0 Å². The number of H-pyrrole nitrogens is 1. The molecule has 1 aromatic carbocycles. The van der Waals surface area contributed by atoms with Crippen LogP contribution in [0.25, 0.3) is 0 Å². The minimum atomic E-state index is -0.108. The van der Waals surface area contributed by atoms with Gasteiger partial charge in [-0.3, -0.25) is 9.59 Å². The SMILES string of the molecule is CC(=O)c1[nH]c(C)c(C(=O)N(C)CCOc2ccc(C)cc2C)c1C. The average Bonchev–Trinajstić information content (AvgIpc) is 2.83. The highest BCUT2D eigenvalue weighted by molar-refractivity contribution is 6.02. The lowest BCUT2D eigenvalue weighted by molar-refractivity contribution is 0.0772. The largest absolute Gasteiger partial charge is 0.491 e. The molecule has 0 atom stereocenters. The summed E-state index contributed by atoms with van der Waals surface area (Å²) in [7, 11) is 1.74. The van der Waals surface area contributed by atoms with Gasteiger partial charge in [0, 0.05) is 19.7 Å². The first kappa shape index (κ1) is 18.8. The van der Waals surface area contributed by atoms with E-state index in [0.717, 1.165) is 17.0 Å². The van der Waals surface area contributed by atoms with Gasteiger partial charge in [0.05, 0.1) is 17.8 Å². The Kier molecular flexibility index (Phi) is 5.67. The van der Waals surface area contributed by atoms with Gasteiger partial charge in [0.1, 0.15) is 12.4 Å². The van der Waals surface area contributed by atoms with Crippen molar-refractivity contribution in [3.63, 3.8) is 0 Å². The summed E-state index contributed by atoms with van der Waals surface area (Å²) in [6.45, 7) is 10.0. The molecule has 0 aliphatic rings. The second kappa shape index (κ2) is 7.55. The zero-order valence-electron chi connectivity index (χ0n) is 15.8. The summed E-state index contributed by atoms with van der Waals surface area (Å²) in [5.41, 5.74) is 4.77. The molecular formula is C20H26N2O3. The number of hydrogen-bond donors (Lipinski definition) is 1. The van der Waals surface area contributed by atoms with Crippen LogP contribution in [0.2, 0.25) is 0 Å². The maximum atomic E-state index is 12.7. The van der Waals surface area contributed by atoms with Crippen LogP contribution in [0, 0.1) is 27.7 Å². The van der Waals surface area contributed by atoms with Gasteiger partial charge in [-0.05, 0) is 44.9 Å². The van der Waals surface area contributed by atoms with Gasteiger partial charge in [-0.2, -0.15) is 0 Å². The number of ketones is 1. The van der Waals surface area contributed by atoms with E-state index in [-0.39, 0.29) is 11.7 Å². The van der Waals surface area contributed by atoms with E-state index in [2.05, 4.69) is 11.1 Å². The molecule has 0 radical (unpaired) electrons. The van der Waals surface area contributed by atoms with Crippen LogP contribution in [-0.4, -0.2) is 41.8 Å². The van der Waals surface area contributed by atoms with Crippen molar-refractivity contribution in [2.45, 2.75) is 34.6 Å². The zero-order valence-corrected chi connectivity index (χ0v) is 15.8. The molecule has 0 aliphatic heterocycles. The first-order valence-corrected chi connectivity index (χ1v) is 8.38. The molecule has 1 amide bonds. The summed E-state index contributed by atoms with van der Waals surface area (Å²) < 4.78 is 5.80. The van der Waals surface area contributed by atoms with Crippen LogP contribution in [0.1, 0.15) is 50.2 Å². The summed E-state index contributed by atoms with van der Waals surface area (Å²) in [6, 6.07) is 6.03. The van der Waals surface area contributed by atoms with E-state index in [9.17, 15) is 9.59 Å². The third kappa shape index (κ3) is 4.10. The molecule has 1 aromatic heterocycles. The Morgan fingerprint density at radius 1 is 1.16 bits per heavy atom. The van der Waals surface area contributed by atoms with Gasteiger partial charge in [-0.15, -0.1) is 0 Å². The molecule has 0 saturated carbocycles. The number of aromatic nitrogens is 1. The van der Waals surface area contributed by atoms with Crippen LogP contribution in [-0.2, 0) is 0 Å². The van der Waals surface area contributed by atoms with Crippen molar-refractivity contribution < 1.29 is 14.3 Å². The lowest BCUT2D eigenvalue weighted by atomic mass is 10.1. The topological polar surface area (TPSA) is 62.4 Å². The third-order valence-corrected chi connectivity index (χ3v) is 4.36. The average molecular weight is 342 g/mol. The monoisotopic (exact) mass is 342 g/mol. The first-order valence-electron chi connectivity index (χ1n) is 8.38. The minimum Gasteiger partial charge on any atom is -0.491 e. The molecule has 1 N–H and O–H groups in total. The van der Waals surface area contributed by atoms with Crippen molar-refractivity contribution in [2.75, 3.05) is 20.2 Å². The summed E-state index contributed by atoms with van der Waals surface area (Å²) in [6.07, 6.45) is 0. The standard InChI is InChI=1S/C20H26N2O3/c1-12-7-8-17(13(2)11-12)25-10-9-22(6)20(24)18-14(3)19(16(5)23)21-15(18)4/h7-8,11,21H,9-10H2,1-6H3. The quantitative estimate of drug-likeness (QED) is 0.816. The Labute approximate surface area is 149 Å². The van der Waals surface area contributed by atoms with Crippen LogP contribution < -0.4 is 4.74 Å². The molecule has 0 aliphatic carbocycles. The highest BCUT2D eigenvalue weighted by Gasteiger charge is 2.22. The summed E-state index contributed by atoms with van der Waals surface area (Å²) in [4.78, 5) is 29.0. The van der Waals surface area contributed by atoms with Crippen LogP contribution in [0.4, 0.5) is 0 Å². The van der Waals surface area contributed by atoms with Crippen molar-refractivity contribution in [1.82, 2.24) is 9.88 Å². The molecule has 134 valence electrons. The smallest absolute Gasteiger partial charge is 0.255 e. The van der Waals surface area contributed by atoms with Gasteiger partial charge in [0.2, 0.25) is 0 Å². The van der Waals surface area contributed by atoms with E-state index >= 15 is 0 Å². The fourth-order valence-corrected chi connectivity index (χ4v) is 2.97. The van der Waals surface area contributed by atoms with E-state index in [1.54, 1.807) is 18.9 Å². The second-order valence-corrected chi connectivity index (χ2v) is 6.53. The predicted octanol–water partition coefficient (Wildman–Crippen LogP) is 3.60. The van der Waals surface area contributed by atoms with E-state index in [0.29, 0.717) is 30.0 Å². The first-order chi connectivity index (χ1) is 11.7. The molecule has 0 bridgehead atoms. The highest BCUT2D eigenvalue weighted by atomic mass is 16.5. The number of hydrogen-bond acceptors (Lipinski definition) is 3. The lowest BCUT2D eigenvalue weighted by Gasteiger charge is -2.18. The lowest BCUT2D eigenvalue weighted by Crippen LogP contribution is -2.31. The Morgan fingerprint density at radius 3 is 2.40 bits per heavy atom. The zero-order chi connectivity index (χ0) is 18.7. The van der Waals surface area contributed by atoms with Crippen molar-refractivity contribution >= 4 is 11.7 Å². The van der Waals surface area contributed by atoms with Gasteiger partial charge in [-0.1, -0.05) is 17.7 Å². The Bertz CT molecular complexity index is 806. The fraction of sp³-hybridized carbons (Fsp3) is 0.400. The number of carbonyl (C=O) groups excluding carboxylic acids is 2. The van der Waals surface area contributed by atoms with E-state index in [4.69, 9.17) is 4.74 Å². The number of Topliss-reactive ketones (excluding diaryl/α,β-unsaturated/α-hetero) is 1. The number of rotatable bonds is 6. The molecule has 0 saturated heterocycles. The molecule has 2 rings (SSSR count). The van der Waals surface area contributed by atoms with Crippen LogP contribution in [0.15, 0.2) is 18.2 Å². The van der Waals surface area contributed by atoms with E-state index in [1.807, 2.05) is 32.9 Å². The molecule has 0 fully saturated rings. The number of nitrogens with one attached hydrogen (secondary N) is 1. The third-order valence-electron chi connectivity index (χ3n) is 4.36. The Balaban J connectivity index is 2.02. The molecule has 25 heavy (non-hydrogen) atoms. The molecule has 0 spiro atoms. The van der Waals surface area contributed by atoms with Gasteiger partial charge in [0.15, 0.2) is 5.78 Å². The summed E-state index contributed by atoms with van der Waals surface area (Å²) in [5.74, 6) is 0.655. The van der Waals surface area contributed by atoms with Gasteiger partial charge >= 0.3 is 0 Å². The number of benzene rings is 1. The number of likely N-dealkylation sites (N-methyl/N-ethyl adjacent to an activating group) is 1. The summed E-state index contributed by atoms with van der Waals surface area (Å²) in [5, 5.41) is 0. The van der Waals surface area contributed by atoms with Gasteiger partial charge < -0.3 is 14.6 Å². The number of carbonyl (C=O) groups is 2. The number of aromatic amines is 1. The number of aryl methyl sites for hydroxylation is 3. The normalized spacial score (nSPS) is 10.6. The molecule has 2 aromatic rings. The maximum Gasteiger partial charge on any atom is 0.255 e. The van der Waals surface area contributed by atoms with Crippen molar-refractivity contribution in [3.05, 3.63) is 51.8 Å². The summed E-state index contributed by atoms with van der Waals surface area (Å²) >= 11 is 0. The minimum absolute atomic E-state index is 0.0690. The van der Waals surface area contributed by atoms with Gasteiger partial charge in [0.25, 0.3) is 5.91 Å². The van der Waals surface area contributed by atoms with Crippen molar-refractivity contribution in [3.8, 4) is 5.75 Å².